The molecule has 0 saturated heterocycles. The highest BCUT2D eigenvalue weighted by atomic mass is 35.5. The average Bonchev–Trinajstić information content (AvgIpc) is 2.33. The van der Waals surface area contributed by atoms with E-state index in [-0.39, 0.29) is 19.0 Å². The molecule has 108 valence electrons. The minimum atomic E-state index is -0.613. The molecule has 0 aliphatic heterocycles. The quantitative estimate of drug-likeness (QED) is 0.329. The minimum absolute atomic E-state index is 0. The molecule has 1 N–H and O–H groups in total. The Kier molecular flexibility index (Phi) is 10.3. The Labute approximate surface area is 117 Å². The van der Waals surface area contributed by atoms with Crippen LogP contribution in [0.25, 0.3) is 0 Å². The number of carbonyl (C=O) groups is 1. The Hall–Kier alpha value is -0.580. The standard InChI is InChI=1S/C13H26NO3.ClH/c1-6-14(7-2,8-3)9-12(15)10-17-13(16)11(4)5;/h12,15H,4,6-10H2,1-3,5H3;1H/q+1;/p-1. The first-order valence-corrected chi connectivity index (χ1v) is 6.26. The van der Waals surface area contributed by atoms with Gasteiger partial charge in [0.05, 0.1) is 19.6 Å². The summed E-state index contributed by atoms with van der Waals surface area (Å²) in [6.07, 6.45) is -0.613. The maximum atomic E-state index is 11.2. The smallest absolute Gasteiger partial charge is 0.333 e. The molecule has 0 heterocycles. The second-order valence-corrected chi connectivity index (χ2v) is 4.51. The molecule has 5 heteroatoms. The average molecular weight is 280 g/mol. The van der Waals surface area contributed by atoms with Crippen molar-refractivity contribution in [3.8, 4) is 0 Å². The van der Waals surface area contributed by atoms with Crippen molar-refractivity contribution in [2.75, 3.05) is 32.8 Å². The number of aliphatic hydroxyl groups excluding tert-OH is 1. The summed E-state index contributed by atoms with van der Waals surface area (Å²) in [7, 11) is 0. The number of rotatable bonds is 8. The van der Waals surface area contributed by atoms with Gasteiger partial charge in [-0.05, 0) is 27.7 Å². The van der Waals surface area contributed by atoms with Crippen LogP contribution in [0.3, 0.4) is 0 Å². The fourth-order valence-electron chi connectivity index (χ4n) is 1.85. The maximum absolute atomic E-state index is 11.2. The Morgan fingerprint density at radius 2 is 1.72 bits per heavy atom. The zero-order valence-corrected chi connectivity index (χ0v) is 12.7. The van der Waals surface area contributed by atoms with E-state index in [9.17, 15) is 9.90 Å². The lowest BCUT2D eigenvalue weighted by Gasteiger charge is -2.37. The van der Waals surface area contributed by atoms with Crippen LogP contribution in [0.4, 0.5) is 0 Å². The number of carbonyl (C=O) groups excluding carboxylic acids is 1. The molecule has 0 radical (unpaired) electrons. The number of likely N-dealkylation sites (N-methyl/N-ethyl adjacent to an activating group) is 1. The van der Waals surface area contributed by atoms with E-state index in [0.29, 0.717) is 12.1 Å². The largest absolute Gasteiger partial charge is 1.00 e. The van der Waals surface area contributed by atoms with E-state index < -0.39 is 12.1 Å². The molecule has 0 rings (SSSR count). The van der Waals surface area contributed by atoms with E-state index in [1.54, 1.807) is 6.92 Å². The lowest BCUT2D eigenvalue weighted by atomic mass is 10.2. The lowest BCUT2D eigenvalue weighted by molar-refractivity contribution is -0.926. The van der Waals surface area contributed by atoms with Crippen molar-refractivity contribution in [1.29, 1.82) is 0 Å². The van der Waals surface area contributed by atoms with E-state index in [0.717, 1.165) is 24.1 Å². The third-order valence-corrected chi connectivity index (χ3v) is 3.37. The highest BCUT2D eigenvalue weighted by Crippen LogP contribution is 2.08. The van der Waals surface area contributed by atoms with Crippen LogP contribution in [0.15, 0.2) is 12.2 Å². The molecule has 0 bridgehead atoms. The van der Waals surface area contributed by atoms with Crippen LogP contribution >= 0.6 is 0 Å². The zero-order valence-electron chi connectivity index (χ0n) is 11.9. The predicted octanol–water partition coefficient (Wildman–Crippen LogP) is -1.65. The van der Waals surface area contributed by atoms with Gasteiger partial charge < -0.3 is 26.7 Å². The Morgan fingerprint density at radius 1 is 1.28 bits per heavy atom. The molecule has 1 atom stereocenters. The van der Waals surface area contributed by atoms with Crippen LogP contribution in [0.1, 0.15) is 27.7 Å². The summed E-state index contributed by atoms with van der Waals surface area (Å²) in [5.41, 5.74) is 0.361. The van der Waals surface area contributed by atoms with Crippen molar-refractivity contribution in [1.82, 2.24) is 0 Å². The maximum Gasteiger partial charge on any atom is 0.333 e. The molecule has 0 aromatic rings. The predicted molar refractivity (Wildman–Crippen MR) is 68.5 cm³/mol. The SMILES string of the molecule is C=C(C)C(=O)OCC(O)C[N+](CC)(CC)CC.[Cl-]. The summed E-state index contributed by atoms with van der Waals surface area (Å²) in [5, 5.41) is 9.89. The Bertz CT molecular complexity index is 257. The molecule has 0 saturated carbocycles. The molecule has 0 aromatic carbocycles. The van der Waals surface area contributed by atoms with E-state index in [4.69, 9.17) is 4.74 Å². The number of halogens is 1. The van der Waals surface area contributed by atoms with Gasteiger partial charge in [0.2, 0.25) is 0 Å². The third kappa shape index (κ3) is 6.38. The highest BCUT2D eigenvalue weighted by Gasteiger charge is 2.25. The topological polar surface area (TPSA) is 46.5 Å². The molecular weight excluding hydrogens is 254 g/mol. The molecular formula is C13H26ClNO3. The fraction of sp³-hybridized carbons (Fsp3) is 0.769. The first kappa shape index (κ1) is 19.8. The van der Waals surface area contributed by atoms with Crippen LogP contribution in [0.5, 0.6) is 0 Å². The minimum Gasteiger partial charge on any atom is -1.00 e. The monoisotopic (exact) mass is 279 g/mol. The third-order valence-electron chi connectivity index (χ3n) is 3.37. The molecule has 0 aliphatic carbocycles. The number of aliphatic hydroxyl groups is 1. The van der Waals surface area contributed by atoms with Gasteiger partial charge in [-0.2, -0.15) is 0 Å². The van der Waals surface area contributed by atoms with E-state index in [2.05, 4.69) is 27.4 Å². The highest BCUT2D eigenvalue weighted by molar-refractivity contribution is 5.86. The second-order valence-electron chi connectivity index (χ2n) is 4.51. The van der Waals surface area contributed by atoms with Crippen molar-refractivity contribution in [2.45, 2.75) is 33.8 Å². The van der Waals surface area contributed by atoms with Crippen LogP contribution in [0.2, 0.25) is 0 Å². The first-order chi connectivity index (χ1) is 7.90. The van der Waals surface area contributed by atoms with Crippen molar-refractivity contribution in [3.05, 3.63) is 12.2 Å². The number of nitrogens with zero attached hydrogens (tertiary/aromatic N) is 1. The van der Waals surface area contributed by atoms with Gasteiger partial charge in [-0.3, -0.25) is 0 Å². The second kappa shape index (κ2) is 9.36. The Balaban J connectivity index is 0. The molecule has 0 fully saturated rings. The molecule has 18 heavy (non-hydrogen) atoms. The van der Waals surface area contributed by atoms with E-state index >= 15 is 0 Å². The van der Waals surface area contributed by atoms with Crippen LogP contribution in [-0.2, 0) is 9.53 Å². The Morgan fingerprint density at radius 3 is 2.06 bits per heavy atom. The summed E-state index contributed by atoms with van der Waals surface area (Å²) in [5.74, 6) is -0.438. The van der Waals surface area contributed by atoms with Gasteiger partial charge in [0.25, 0.3) is 0 Å². The number of hydrogen-bond donors (Lipinski definition) is 1. The van der Waals surface area contributed by atoms with Gasteiger partial charge in [0, 0.05) is 5.57 Å². The van der Waals surface area contributed by atoms with Crippen LogP contribution in [-0.4, -0.2) is 54.4 Å². The lowest BCUT2D eigenvalue weighted by Crippen LogP contribution is -3.00. The van der Waals surface area contributed by atoms with Gasteiger partial charge in [0.15, 0.2) is 0 Å². The van der Waals surface area contributed by atoms with Gasteiger partial charge >= 0.3 is 5.97 Å². The number of esters is 1. The summed E-state index contributed by atoms with van der Waals surface area (Å²) < 4.78 is 5.79. The van der Waals surface area contributed by atoms with Crippen molar-refractivity contribution in [3.63, 3.8) is 0 Å². The van der Waals surface area contributed by atoms with E-state index in [1.807, 2.05) is 0 Å². The van der Waals surface area contributed by atoms with Crippen molar-refractivity contribution < 1.29 is 31.5 Å². The van der Waals surface area contributed by atoms with Crippen molar-refractivity contribution >= 4 is 5.97 Å². The van der Waals surface area contributed by atoms with Crippen LogP contribution in [0, 0.1) is 0 Å². The molecule has 0 spiro atoms. The normalized spacial score (nSPS) is 12.5. The zero-order chi connectivity index (χ0) is 13.5. The molecule has 4 nitrogen and oxygen atoms in total. The number of ether oxygens (including phenoxy) is 1. The van der Waals surface area contributed by atoms with Gasteiger partial charge in [-0.25, -0.2) is 4.79 Å². The van der Waals surface area contributed by atoms with Gasteiger partial charge in [0.1, 0.15) is 19.3 Å². The van der Waals surface area contributed by atoms with Crippen molar-refractivity contribution in [2.24, 2.45) is 0 Å². The molecule has 0 aromatic heterocycles. The molecule has 0 amide bonds. The number of quaternary nitrogens is 1. The summed E-state index contributed by atoms with van der Waals surface area (Å²) >= 11 is 0. The van der Waals surface area contributed by atoms with Gasteiger partial charge in [-0.1, -0.05) is 6.58 Å². The summed E-state index contributed by atoms with van der Waals surface area (Å²) in [6, 6.07) is 0. The molecule has 1 unspecified atom stereocenters. The summed E-state index contributed by atoms with van der Waals surface area (Å²) in [6.45, 7) is 15.0. The number of hydrogen-bond acceptors (Lipinski definition) is 3. The summed E-state index contributed by atoms with van der Waals surface area (Å²) in [4.78, 5) is 11.2. The fourth-order valence-corrected chi connectivity index (χ4v) is 1.85. The van der Waals surface area contributed by atoms with Crippen LogP contribution < -0.4 is 12.4 Å². The van der Waals surface area contributed by atoms with E-state index in [1.165, 1.54) is 0 Å². The molecule has 0 aliphatic rings. The van der Waals surface area contributed by atoms with Gasteiger partial charge in [-0.15, -0.1) is 0 Å². The first-order valence-electron chi connectivity index (χ1n) is 6.26.